The average molecular weight is 565 g/mol. The maximum Gasteiger partial charge on any atom is 0.322 e. The molecule has 0 saturated carbocycles. The molecule has 40 heavy (non-hydrogen) atoms. The monoisotopic (exact) mass is 564 g/mol. The predicted octanol–water partition coefficient (Wildman–Crippen LogP) is 5.17. The van der Waals surface area contributed by atoms with Gasteiger partial charge < -0.3 is 29.3 Å². The van der Waals surface area contributed by atoms with Gasteiger partial charge in [-0.3, -0.25) is 4.79 Å². The van der Waals surface area contributed by atoms with E-state index >= 15 is 0 Å². The number of carbonyl (C=O) groups is 2. The number of nitrogens with one attached hydrogen (secondary N) is 1. The summed E-state index contributed by atoms with van der Waals surface area (Å²) in [5.41, 5.74) is 2.06. The third kappa shape index (κ3) is 9.29. The molecule has 212 valence electrons. The topological polar surface area (TPSA) is 104 Å². The Morgan fingerprint density at radius 1 is 1.00 bits per heavy atom. The van der Waals surface area contributed by atoms with Crippen LogP contribution in [0.1, 0.15) is 29.3 Å². The van der Waals surface area contributed by atoms with Crippen LogP contribution in [0.5, 0.6) is 11.5 Å². The number of carbonyl (C=O) groups excluding carboxylic acids is 2. The van der Waals surface area contributed by atoms with Crippen molar-refractivity contribution in [2.24, 2.45) is 0 Å². The molecule has 1 aromatic heterocycles. The Bertz CT molecular complexity index is 1260. The van der Waals surface area contributed by atoms with Crippen molar-refractivity contribution in [3.05, 3.63) is 76.0 Å². The second kappa shape index (κ2) is 16.1. The molecule has 3 rings (SSSR count). The van der Waals surface area contributed by atoms with Gasteiger partial charge in [-0.05, 0) is 73.2 Å². The number of amides is 3. The van der Waals surface area contributed by atoms with Crippen LogP contribution in [0.4, 0.5) is 10.5 Å². The van der Waals surface area contributed by atoms with E-state index in [1.54, 1.807) is 54.7 Å². The molecule has 3 amide bonds. The highest BCUT2D eigenvalue weighted by molar-refractivity contribution is 7.09. The lowest BCUT2D eigenvalue weighted by molar-refractivity contribution is -0.132. The third-order valence-corrected chi connectivity index (χ3v) is 7.06. The van der Waals surface area contributed by atoms with Crippen molar-refractivity contribution in [3.8, 4) is 17.6 Å². The van der Waals surface area contributed by atoms with Gasteiger partial charge in [0.15, 0.2) is 11.5 Å². The molecule has 1 N–H and O–H groups in total. The molecule has 0 spiro atoms. The molecule has 0 aliphatic heterocycles. The van der Waals surface area contributed by atoms with Crippen molar-refractivity contribution < 1.29 is 23.8 Å². The van der Waals surface area contributed by atoms with Gasteiger partial charge in [0.1, 0.15) is 6.54 Å². The van der Waals surface area contributed by atoms with E-state index in [2.05, 4.69) is 11.4 Å². The van der Waals surface area contributed by atoms with E-state index in [-0.39, 0.29) is 18.5 Å². The number of benzene rings is 2. The van der Waals surface area contributed by atoms with Crippen molar-refractivity contribution in [1.29, 1.82) is 5.26 Å². The predicted molar refractivity (Wildman–Crippen MR) is 156 cm³/mol. The van der Waals surface area contributed by atoms with Gasteiger partial charge in [0.05, 0.1) is 32.4 Å². The van der Waals surface area contributed by atoms with Crippen LogP contribution in [0.15, 0.2) is 60.0 Å². The zero-order valence-electron chi connectivity index (χ0n) is 23.2. The molecule has 0 atom stereocenters. The third-order valence-electron chi connectivity index (χ3n) is 6.20. The van der Waals surface area contributed by atoms with Gasteiger partial charge in [-0.1, -0.05) is 12.1 Å². The maximum atomic E-state index is 13.7. The lowest BCUT2D eigenvalue weighted by atomic mass is 10.1. The lowest BCUT2D eigenvalue weighted by Crippen LogP contribution is -2.45. The number of ether oxygens (including phenoxy) is 3. The molecule has 9 nitrogen and oxygen atoms in total. The second-order valence-corrected chi connectivity index (χ2v) is 9.96. The second-order valence-electron chi connectivity index (χ2n) is 8.93. The molecule has 0 bridgehead atoms. The van der Waals surface area contributed by atoms with E-state index in [1.807, 2.05) is 42.6 Å². The first-order valence-corrected chi connectivity index (χ1v) is 14.0. The van der Waals surface area contributed by atoms with Gasteiger partial charge in [0.25, 0.3) is 0 Å². The Morgan fingerprint density at radius 3 is 2.42 bits per heavy atom. The fourth-order valence-electron chi connectivity index (χ4n) is 4.03. The SMILES string of the molecule is CCOCCCN(CC(=O)N(CCc1ccc(OC)c(OC)c1)Cc1cccs1)C(=O)Nc1ccc(C#N)cc1. The highest BCUT2D eigenvalue weighted by Gasteiger charge is 2.22. The zero-order chi connectivity index (χ0) is 28.7. The summed E-state index contributed by atoms with van der Waals surface area (Å²) >= 11 is 1.59. The summed E-state index contributed by atoms with van der Waals surface area (Å²) in [6.07, 6.45) is 1.21. The van der Waals surface area contributed by atoms with Crippen LogP contribution < -0.4 is 14.8 Å². The minimum atomic E-state index is -0.384. The van der Waals surface area contributed by atoms with Crippen LogP contribution in [0.3, 0.4) is 0 Å². The van der Waals surface area contributed by atoms with E-state index in [0.717, 1.165) is 10.4 Å². The van der Waals surface area contributed by atoms with Crippen molar-refractivity contribution in [3.63, 3.8) is 0 Å². The minimum absolute atomic E-state index is 0.0778. The standard InChI is InChI=1S/C30H36N4O5S/c1-4-39-17-6-15-34(30(36)32-25-11-8-24(20-31)9-12-25)22-29(35)33(21-26-7-5-18-40-26)16-14-23-10-13-27(37-2)28(19-23)38-3/h5,7-13,18-19H,4,6,14-17,21-22H2,1-3H3,(H,32,36). The molecular formula is C30H36N4O5S. The summed E-state index contributed by atoms with van der Waals surface area (Å²) in [6.45, 7) is 4.19. The molecule has 0 aliphatic rings. The highest BCUT2D eigenvalue weighted by Crippen LogP contribution is 2.28. The lowest BCUT2D eigenvalue weighted by Gasteiger charge is -2.28. The quantitative estimate of drug-likeness (QED) is 0.256. The Morgan fingerprint density at radius 2 is 1.77 bits per heavy atom. The average Bonchev–Trinajstić information content (AvgIpc) is 3.50. The van der Waals surface area contributed by atoms with Crippen LogP contribution in [0.2, 0.25) is 0 Å². The molecule has 0 radical (unpaired) electrons. The van der Waals surface area contributed by atoms with Crippen molar-refractivity contribution in [2.75, 3.05) is 52.4 Å². The first-order valence-electron chi connectivity index (χ1n) is 13.1. The maximum absolute atomic E-state index is 13.7. The van der Waals surface area contributed by atoms with Crippen LogP contribution in [-0.2, 0) is 22.5 Å². The summed E-state index contributed by atoms with van der Waals surface area (Å²) < 4.78 is 16.2. The van der Waals surface area contributed by atoms with Crippen LogP contribution in [0, 0.1) is 11.3 Å². The molecule has 0 fully saturated rings. The van der Waals surface area contributed by atoms with Crippen molar-refractivity contribution in [1.82, 2.24) is 9.80 Å². The Labute approximate surface area is 239 Å². The summed E-state index contributed by atoms with van der Waals surface area (Å²) in [5.74, 6) is 1.13. The van der Waals surface area contributed by atoms with Gasteiger partial charge in [-0.15, -0.1) is 11.3 Å². The van der Waals surface area contributed by atoms with Gasteiger partial charge in [-0.25, -0.2) is 4.79 Å². The fraction of sp³-hybridized carbons (Fsp3) is 0.367. The van der Waals surface area contributed by atoms with Crippen LogP contribution in [0.25, 0.3) is 0 Å². The Balaban J connectivity index is 1.74. The van der Waals surface area contributed by atoms with Gasteiger partial charge in [0, 0.05) is 36.9 Å². The van der Waals surface area contributed by atoms with Gasteiger partial charge >= 0.3 is 6.03 Å². The van der Waals surface area contributed by atoms with Crippen LogP contribution >= 0.6 is 11.3 Å². The van der Waals surface area contributed by atoms with Crippen molar-refractivity contribution in [2.45, 2.75) is 26.3 Å². The van der Waals surface area contributed by atoms with E-state index in [4.69, 9.17) is 19.5 Å². The molecule has 0 saturated heterocycles. The smallest absolute Gasteiger partial charge is 0.322 e. The summed E-state index contributed by atoms with van der Waals surface area (Å²) in [7, 11) is 3.19. The normalized spacial score (nSPS) is 10.4. The number of thiophene rings is 1. The Kier molecular flexibility index (Phi) is 12.3. The molecule has 0 unspecified atom stereocenters. The Hall–Kier alpha value is -4.07. The molecule has 3 aromatic rings. The molecule has 1 heterocycles. The highest BCUT2D eigenvalue weighted by atomic mass is 32.1. The van der Waals surface area contributed by atoms with E-state index in [0.29, 0.717) is 68.4 Å². The first-order chi connectivity index (χ1) is 19.5. The van der Waals surface area contributed by atoms with E-state index < -0.39 is 0 Å². The molecular weight excluding hydrogens is 528 g/mol. The molecule has 0 aliphatic carbocycles. The van der Waals surface area contributed by atoms with Gasteiger partial charge in [0.2, 0.25) is 5.91 Å². The first kappa shape index (κ1) is 30.5. The zero-order valence-corrected chi connectivity index (χ0v) is 24.0. The fourth-order valence-corrected chi connectivity index (χ4v) is 4.75. The number of rotatable bonds is 15. The van der Waals surface area contributed by atoms with E-state index in [9.17, 15) is 9.59 Å². The summed E-state index contributed by atoms with van der Waals surface area (Å²) in [6, 6.07) is 18.0. The number of urea groups is 1. The number of methoxy groups -OCH3 is 2. The van der Waals surface area contributed by atoms with Crippen molar-refractivity contribution >= 4 is 29.0 Å². The summed E-state index contributed by atoms with van der Waals surface area (Å²) in [5, 5.41) is 13.9. The number of nitrogens with zero attached hydrogens (tertiary/aromatic N) is 3. The molecule has 10 heteroatoms. The summed E-state index contributed by atoms with van der Waals surface area (Å²) in [4.78, 5) is 31.2. The van der Waals surface area contributed by atoms with Gasteiger partial charge in [-0.2, -0.15) is 5.26 Å². The van der Waals surface area contributed by atoms with Crippen LogP contribution in [-0.4, -0.2) is 68.8 Å². The number of hydrogen-bond acceptors (Lipinski definition) is 7. The number of hydrogen-bond donors (Lipinski definition) is 1. The molecule has 2 aromatic carbocycles. The minimum Gasteiger partial charge on any atom is -0.493 e. The van der Waals surface area contributed by atoms with E-state index in [1.165, 1.54) is 4.90 Å². The number of nitriles is 1. The number of anilines is 1. The largest absolute Gasteiger partial charge is 0.493 e.